The van der Waals surface area contributed by atoms with Gasteiger partial charge in [0.15, 0.2) is 5.78 Å². The predicted octanol–water partition coefficient (Wildman–Crippen LogP) is 2.47. The lowest BCUT2D eigenvalue weighted by atomic mass is 10.2. The van der Waals surface area contributed by atoms with E-state index in [-0.39, 0.29) is 12.2 Å². The highest BCUT2D eigenvalue weighted by atomic mass is 32.1. The van der Waals surface area contributed by atoms with Gasteiger partial charge in [-0.05, 0) is 19.1 Å². The van der Waals surface area contributed by atoms with Crippen molar-refractivity contribution in [2.75, 3.05) is 0 Å². The molecule has 3 nitrogen and oxygen atoms in total. The summed E-state index contributed by atoms with van der Waals surface area (Å²) in [5.41, 5.74) is 0.531. The van der Waals surface area contributed by atoms with Crippen LogP contribution in [-0.4, -0.2) is 10.8 Å². The number of nitrogens with zero attached hydrogens (tertiary/aromatic N) is 1. The first-order valence-electron chi connectivity index (χ1n) is 4.23. The maximum atomic E-state index is 11.6. The fourth-order valence-electron chi connectivity index (χ4n) is 1.15. The second kappa shape index (κ2) is 3.75. The summed E-state index contributed by atoms with van der Waals surface area (Å²) in [5, 5.41) is 2.69. The molecule has 2 rings (SSSR count). The molecule has 0 saturated heterocycles. The van der Waals surface area contributed by atoms with Crippen LogP contribution in [0.25, 0.3) is 0 Å². The third-order valence-corrected chi connectivity index (χ3v) is 2.59. The number of rotatable bonds is 3. The molecule has 72 valence electrons. The van der Waals surface area contributed by atoms with E-state index < -0.39 is 0 Å². The van der Waals surface area contributed by atoms with Crippen LogP contribution in [-0.2, 0) is 6.42 Å². The Balaban J connectivity index is 2.10. The van der Waals surface area contributed by atoms with Gasteiger partial charge < -0.3 is 4.42 Å². The van der Waals surface area contributed by atoms with Crippen molar-refractivity contribution in [3.8, 4) is 0 Å². The van der Waals surface area contributed by atoms with Crippen molar-refractivity contribution in [3.05, 3.63) is 40.2 Å². The van der Waals surface area contributed by atoms with Crippen molar-refractivity contribution >= 4 is 17.1 Å². The van der Waals surface area contributed by atoms with Crippen LogP contribution in [0.15, 0.2) is 28.2 Å². The molecule has 14 heavy (non-hydrogen) atoms. The van der Waals surface area contributed by atoms with Crippen molar-refractivity contribution in [3.63, 3.8) is 0 Å². The summed E-state index contributed by atoms with van der Waals surface area (Å²) in [4.78, 5) is 15.7. The predicted molar refractivity (Wildman–Crippen MR) is 53.6 cm³/mol. The second-order valence-corrected chi connectivity index (χ2v) is 3.99. The Labute approximate surface area is 85.4 Å². The van der Waals surface area contributed by atoms with E-state index in [0.717, 1.165) is 5.01 Å². The summed E-state index contributed by atoms with van der Waals surface area (Å²) in [5.74, 6) is 0.685. The summed E-state index contributed by atoms with van der Waals surface area (Å²) in [6, 6.07) is 3.56. The maximum Gasteiger partial charge on any atom is 0.189 e. The molecule has 0 radical (unpaired) electrons. The number of Topliss-reactive ketones (excluding diaryl/α,β-unsaturated/α-hetero) is 1. The van der Waals surface area contributed by atoms with Gasteiger partial charge in [-0.3, -0.25) is 4.79 Å². The van der Waals surface area contributed by atoms with Crippen LogP contribution in [0, 0.1) is 6.92 Å². The van der Waals surface area contributed by atoms with E-state index in [0.29, 0.717) is 11.5 Å². The number of furan rings is 1. The van der Waals surface area contributed by atoms with Crippen LogP contribution in [0.4, 0.5) is 0 Å². The first kappa shape index (κ1) is 9.15. The number of aromatic nitrogens is 1. The van der Waals surface area contributed by atoms with Crippen LogP contribution in [0.2, 0.25) is 0 Å². The van der Waals surface area contributed by atoms with Crippen LogP contribution in [0.3, 0.4) is 0 Å². The lowest BCUT2D eigenvalue weighted by Crippen LogP contribution is -2.02. The van der Waals surface area contributed by atoms with E-state index in [2.05, 4.69) is 4.98 Å². The van der Waals surface area contributed by atoms with E-state index in [1.807, 2.05) is 6.92 Å². The molecule has 0 spiro atoms. The standard InChI is InChI=1S/C10H9NO2S/c1-7-11-9(6-14-7)10(12)5-8-3-2-4-13-8/h2-4,6H,5H2,1H3. The van der Waals surface area contributed by atoms with Crippen molar-refractivity contribution < 1.29 is 9.21 Å². The van der Waals surface area contributed by atoms with Gasteiger partial charge in [0.2, 0.25) is 0 Å². The van der Waals surface area contributed by atoms with Gasteiger partial charge in [-0.2, -0.15) is 0 Å². The fourth-order valence-corrected chi connectivity index (χ4v) is 1.77. The quantitative estimate of drug-likeness (QED) is 0.726. The Hall–Kier alpha value is -1.42. The second-order valence-electron chi connectivity index (χ2n) is 2.93. The van der Waals surface area contributed by atoms with E-state index in [4.69, 9.17) is 4.42 Å². The molecular weight excluding hydrogens is 198 g/mol. The van der Waals surface area contributed by atoms with Gasteiger partial charge in [0, 0.05) is 5.38 Å². The summed E-state index contributed by atoms with van der Waals surface area (Å²) < 4.78 is 5.09. The molecule has 4 heteroatoms. The Morgan fingerprint density at radius 3 is 3.07 bits per heavy atom. The summed E-state index contributed by atoms with van der Waals surface area (Å²) >= 11 is 1.48. The van der Waals surface area contributed by atoms with Gasteiger partial charge in [0.05, 0.1) is 17.7 Å². The zero-order valence-corrected chi connectivity index (χ0v) is 8.50. The molecule has 0 aliphatic heterocycles. The molecule has 2 heterocycles. The van der Waals surface area contributed by atoms with E-state index >= 15 is 0 Å². The van der Waals surface area contributed by atoms with Gasteiger partial charge in [-0.1, -0.05) is 0 Å². The molecule has 0 amide bonds. The lowest BCUT2D eigenvalue weighted by molar-refractivity contribution is 0.0983. The molecule has 0 aliphatic rings. The van der Waals surface area contributed by atoms with Crippen molar-refractivity contribution in [2.24, 2.45) is 0 Å². The molecule has 2 aromatic heterocycles. The van der Waals surface area contributed by atoms with E-state index in [9.17, 15) is 4.79 Å². The van der Waals surface area contributed by atoms with Crippen LogP contribution < -0.4 is 0 Å². The van der Waals surface area contributed by atoms with Crippen molar-refractivity contribution in [2.45, 2.75) is 13.3 Å². The van der Waals surface area contributed by atoms with Crippen molar-refractivity contribution in [1.29, 1.82) is 0 Å². The number of carbonyl (C=O) groups excluding carboxylic acids is 1. The van der Waals surface area contributed by atoms with Crippen LogP contribution in [0.5, 0.6) is 0 Å². The zero-order chi connectivity index (χ0) is 9.97. The molecule has 0 bridgehead atoms. The third kappa shape index (κ3) is 1.90. The summed E-state index contributed by atoms with van der Waals surface area (Å²) in [6.07, 6.45) is 1.85. The Morgan fingerprint density at radius 1 is 1.64 bits per heavy atom. The molecule has 2 aromatic rings. The Kier molecular flexibility index (Phi) is 2.45. The first-order chi connectivity index (χ1) is 6.75. The molecule has 0 saturated carbocycles. The number of hydrogen-bond donors (Lipinski definition) is 0. The first-order valence-corrected chi connectivity index (χ1v) is 5.11. The molecule has 0 aliphatic carbocycles. The average molecular weight is 207 g/mol. The van der Waals surface area contributed by atoms with Gasteiger partial charge >= 0.3 is 0 Å². The van der Waals surface area contributed by atoms with E-state index in [1.54, 1.807) is 23.8 Å². The minimum atomic E-state index is 0.00398. The molecule has 0 N–H and O–H groups in total. The average Bonchev–Trinajstić information content (AvgIpc) is 2.75. The number of thiazole rings is 1. The normalized spacial score (nSPS) is 10.4. The minimum Gasteiger partial charge on any atom is -0.469 e. The number of carbonyl (C=O) groups is 1. The fraction of sp³-hybridized carbons (Fsp3) is 0.200. The van der Waals surface area contributed by atoms with Gasteiger partial charge in [0.1, 0.15) is 11.5 Å². The minimum absolute atomic E-state index is 0.00398. The van der Waals surface area contributed by atoms with Gasteiger partial charge in [-0.15, -0.1) is 11.3 Å². The monoisotopic (exact) mass is 207 g/mol. The van der Waals surface area contributed by atoms with E-state index in [1.165, 1.54) is 11.3 Å². The highest BCUT2D eigenvalue weighted by Gasteiger charge is 2.11. The molecule has 0 atom stereocenters. The maximum absolute atomic E-state index is 11.6. The Morgan fingerprint density at radius 2 is 2.50 bits per heavy atom. The third-order valence-electron chi connectivity index (χ3n) is 1.82. The lowest BCUT2D eigenvalue weighted by Gasteiger charge is -1.92. The Bertz CT molecular complexity index is 431. The highest BCUT2D eigenvalue weighted by molar-refractivity contribution is 7.09. The SMILES string of the molecule is Cc1nc(C(=O)Cc2ccco2)cs1. The molecule has 0 aromatic carbocycles. The topological polar surface area (TPSA) is 43.1 Å². The smallest absolute Gasteiger partial charge is 0.189 e. The zero-order valence-electron chi connectivity index (χ0n) is 7.69. The number of hydrogen-bond acceptors (Lipinski definition) is 4. The van der Waals surface area contributed by atoms with Crippen molar-refractivity contribution in [1.82, 2.24) is 4.98 Å². The van der Waals surface area contributed by atoms with Gasteiger partial charge in [0.25, 0.3) is 0 Å². The largest absolute Gasteiger partial charge is 0.469 e. The summed E-state index contributed by atoms with van der Waals surface area (Å²) in [7, 11) is 0. The highest BCUT2D eigenvalue weighted by Crippen LogP contribution is 2.11. The van der Waals surface area contributed by atoms with Crippen LogP contribution >= 0.6 is 11.3 Å². The number of aryl methyl sites for hydroxylation is 1. The molecule has 0 unspecified atom stereocenters. The number of ketones is 1. The van der Waals surface area contributed by atoms with Crippen LogP contribution in [0.1, 0.15) is 21.3 Å². The summed E-state index contributed by atoms with van der Waals surface area (Å²) in [6.45, 7) is 1.88. The molecule has 0 fully saturated rings. The molecular formula is C10H9NO2S. The van der Waals surface area contributed by atoms with Gasteiger partial charge in [-0.25, -0.2) is 4.98 Å².